The summed E-state index contributed by atoms with van der Waals surface area (Å²) in [6, 6.07) is 7.83. The van der Waals surface area contributed by atoms with Crippen LogP contribution in [0.1, 0.15) is 31.7 Å². The van der Waals surface area contributed by atoms with Gasteiger partial charge in [-0.1, -0.05) is 6.07 Å². The van der Waals surface area contributed by atoms with Crippen molar-refractivity contribution in [1.82, 2.24) is 15.1 Å². The zero-order valence-corrected chi connectivity index (χ0v) is 17.2. The van der Waals surface area contributed by atoms with Crippen LogP contribution in [0.4, 0.5) is 20.4 Å². The van der Waals surface area contributed by atoms with E-state index in [1.165, 1.54) is 31.4 Å². The van der Waals surface area contributed by atoms with E-state index >= 15 is 0 Å². The Morgan fingerprint density at radius 3 is 2.40 bits per heavy atom. The summed E-state index contributed by atoms with van der Waals surface area (Å²) >= 11 is 0. The highest BCUT2D eigenvalue weighted by Crippen LogP contribution is 2.24. The lowest BCUT2D eigenvalue weighted by Crippen LogP contribution is -2.49. The van der Waals surface area contributed by atoms with Gasteiger partial charge in [0.05, 0.1) is 6.42 Å². The van der Waals surface area contributed by atoms with Gasteiger partial charge in [-0.2, -0.15) is 0 Å². The predicted octanol–water partition coefficient (Wildman–Crippen LogP) is 3.02. The van der Waals surface area contributed by atoms with E-state index in [4.69, 9.17) is 0 Å². The summed E-state index contributed by atoms with van der Waals surface area (Å²) in [5.74, 6) is 0.251. The molecule has 2 aromatic rings. The zero-order valence-electron chi connectivity index (χ0n) is 17.2. The third-order valence-electron chi connectivity index (χ3n) is 6.05. The molecule has 2 saturated heterocycles. The molecule has 1 amide bonds. The van der Waals surface area contributed by atoms with Crippen LogP contribution in [-0.2, 0) is 11.2 Å². The van der Waals surface area contributed by atoms with Crippen molar-refractivity contribution in [3.05, 3.63) is 47.5 Å². The highest BCUT2D eigenvalue weighted by atomic mass is 19.1. The van der Waals surface area contributed by atoms with Crippen LogP contribution in [0.3, 0.4) is 0 Å². The average molecular weight is 415 g/mol. The van der Waals surface area contributed by atoms with Crippen molar-refractivity contribution in [3.63, 3.8) is 0 Å². The lowest BCUT2D eigenvalue weighted by Gasteiger charge is -2.36. The lowest BCUT2D eigenvalue weighted by molar-refractivity contribution is -0.130. The predicted molar refractivity (Wildman–Crippen MR) is 112 cm³/mol. The Morgan fingerprint density at radius 2 is 1.73 bits per heavy atom. The number of nitrogens with zero attached hydrogens (tertiary/aromatic N) is 5. The molecule has 1 unspecified atom stereocenters. The van der Waals surface area contributed by atoms with Crippen molar-refractivity contribution in [1.29, 1.82) is 0 Å². The van der Waals surface area contributed by atoms with Crippen molar-refractivity contribution in [2.24, 2.45) is 0 Å². The number of hydrogen-bond donors (Lipinski definition) is 0. The smallest absolute Gasteiger partial charge is 0.227 e. The molecular formula is C22H27F2N5O. The molecule has 1 aromatic carbocycles. The molecule has 0 bridgehead atoms. The molecule has 30 heavy (non-hydrogen) atoms. The van der Waals surface area contributed by atoms with Crippen molar-refractivity contribution in [2.45, 2.75) is 38.6 Å². The summed E-state index contributed by atoms with van der Waals surface area (Å²) in [6.45, 7) is 5.60. The second-order valence-corrected chi connectivity index (χ2v) is 8.07. The maximum absolute atomic E-state index is 13.8. The quantitative estimate of drug-likeness (QED) is 0.768. The van der Waals surface area contributed by atoms with E-state index in [-0.39, 0.29) is 17.9 Å². The second-order valence-electron chi connectivity index (χ2n) is 8.07. The molecule has 160 valence electrons. The summed E-state index contributed by atoms with van der Waals surface area (Å²) in [4.78, 5) is 18.7. The van der Waals surface area contributed by atoms with Gasteiger partial charge in [-0.15, -0.1) is 10.2 Å². The topological polar surface area (TPSA) is 52.6 Å². The van der Waals surface area contributed by atoms with Gasteiger partial charge in [0.2, 0.25) is 5.91 Å². The Bertz CT molecular complexity index is 884. The molecule has 2 fully saturated rings. The number of piperidine rings is 1. The molecule has 1 atom stereocenters. The maximum atomic E-state index is 13.8. The van der Waals surface area contributed by atoms with E-state index in [1.807, 2.05) is 12.1 Å². The molecule has 0 aliphatic carbocycles. The molecule has 2 aliphatic rings. The standard InChI is InChI=1S/C22H27F2N5O/c1-16-4-2-3-9-29(16)21-8-7-20(25-26-21)27-10-12-28(13-11-27)22(30)14-17-5-6-18(23)15-19(17)24/h5-8,15-16H,2-4,9-14H2,1H3. The number of benzene rings is 1. The number of piperazine rings is 1. The Hall–Kier alpha value is -2.77. The normalized spacial score (nSPS) is 19.8. The molecule has 6 nitrogen and oxygen atoms in total. The summed E-state index contributed by atoms with van der Waals surface area (Å²) in [5, 5.41) is 8.85. The summed E-state index contributed by atoms with van der Waals surface area (Å²) in [7, 11) is 0. The molecule has 1 aromatic heterocycles. The number of amides is 1. The molecule has 3 heterocycles. The largest absolute Gasteiger partial charge is 0.352 e. The summed E-state index contributed by atoms with van der Waals surface area (Å²) < 4.78 is 26.9. The number of carbonyl (C=O) groups is 1. The first kappa shape index (κ1) is 20.5. The highest BCUT2D eigenvalue weighted by molar-refractivity contribution is 5.79. The van der Waals surface area contributed by atoms with Crippen molar-refractivity contribution in [2.75, 3.05) is 42.5 Å². The fourth-order valence-corrected chi connectivity index (χ4v) is 4.20. The van der Waals surface area contributed by atoms with Crippen LogP contribution >= 0.6 is 0 Å². The third-order valence-corrected chi connectivity index (χ3v) is 6.05. The van der Waals surface area contributed by atoms with Crippen LogP contribution in [-0.4, -0.2) is 59.8 Å². The first-order chi connectivity index (χ1) is 14.5. The number of anilines is 2. The van der Waals surface area contributed by atoms with Crippen LogP contribution in [0.15, 0.2) is 30.3 Å². The van der Waals surface area contributed by atoms with Gasteiger partial charge in [0.25, 0.3) is 0 Å². The monoisotopic (exact) mass is 415 g/mol. The minimum atomic E-state index is -0.680. The van der Waals surface area contributed by atoms with Crippen molar-refractivity contribution < 1.29 is 13.6 Å². The van der Waals surface area contributed by atoms with E-state index in [2.05, 4.69) is 26.9 Å². The van der Waals surface area contributed by atoms with Crippen molar-refractivity contribution in [3.8, 4) is 0 Å². The van der Waals surface area contributed by atoms with Gasteiger partial charge in [0.1, 0.15) is 11.6 Å². The number of halogens is 2. The third kappa shape index (κ3) is 4.52. The van der Waals surface area contributed by atoms with Gasteiger partial charge in [-0.3, -0.25) is 4.79 Å². The molecule has 0 N–H and O–H groups in total. The fourth-order valence-electron chi connectivity index (χ4n) is 4.20. The van der Waals surface area contributed by atoms with E-state index in [0.717, 1.165) is 24.2 Å². The maximum Gasteiger partial charge on any atom is 0.227 e. The SMILES string of the molecule is CC1CCCCN1c1ccc(N2CCN(C(=O)Cc3ccc(F)cc3F)CC2)nn1. The molecule has 4 rings (SSSR count). The van der Waals surface area contributed by atoms with Gasteiger partial charge < -0.3 is 14.7 Å². The van der Waals surface area contributed by atoms with Crippen LogP contribution < -0.4 is 9.80 Å². The Kier molecular flexibility index (Phi) is 6.11. The number of rotatable bonds is 4. The van der Waals surface area contributed by atoms with Crippen molar-refractivity contribution >= 4 is 17.5 Å². The first-order valence-electron chi connectivity index (χ1n) is 10.6. The first-order valence-corrected chi connectivity index (χ1v) is 10.6. The lowest BCUT2D eigenvalue weighted by atomic mass is 10.0. The van der Waals surface area contributed by atoms with Crippen LogP contribution in [0.5, 0.6) is 0 Å². The minimum Gasteiger partial charge on any atom is -0.352 e. The van der Waals surface area contributed by atoms with Gasteiger partial charge in [-0.05, 0) is 49.9 Å². The molecule has 2 aliphatic heterocycles. The van der Waals surface area contributed by atoms with Crippen LogP contribution in [0.2, 0.25) is 0 Å². The number of carbonyl (C=O) groups excluding carboxylic acids is 1. The average Bonchev–Trinajstić information content (AvgIpc) is 2.76. The molecule has 0 saturated carbocycles. The minimum absolute atomic E-state index is 0.0609. The Labute approximate surface area is 175 Å². The molecular weight excluding hydrogens is 388 g/mol. The number of hydrogen-bond acceptors (Lipinski definition) is 5. The molecule has 0 spiro atoms. The summed E-state index contributed by atoms with van der Waals surface area (Å²) in [5.41, 5.74) is 0.220. The molecule has 8 heteroatoms. The summed E-state index contributed by atoms with van der Waals surface area (Å²) in [6.07, 6.45) is 3.57. The van der Waals surface area contributed by atoms with E-state index in [0.29, 0.717) is 32.2 Å². The molecule has 0 radical (unpaired) electrons. The van der Waals surface area contributed by atoms with E-state index < -0.39 is 11.6 Å². The van der Waals surface area contributed by atoms with Crippen LogP contribution in [0, 0.1) is 11.6 Å². The van der Waals surface area contributed by atoms with Gasteiger partial charge in [0.15, 0.2) is 11.6 Å². The second kappa shape index (κ2) is 8.93. The van der Waals surface area contributed by atoms with Gasteiger partial charge in [0, 0.05) is 44.8 Å². The fraction of sp³-hybridized carbons (Fsp3) is 0.500. The van der Waals surface area contributed by atoms with Crippen LogP contribution in [0.25, 0.3) is 0 Å². The van der Waals surface area contributed by atoms with Gasteiger partial charge in [-0.25, -0.2) is 8.78 Å². The zero-order chi connectivity index (χ0) is 21.1. The van der Waals surface area contributed by atoms with E-state index in [9.17, 15) is 13.6 Å². The highest BCUT2D eigenvalue weighted by Gasteiger charge is 2.24. The van der Waals surface area contributed by atoms with Gasteiger partial charge >= 0.3 is 0 Å². The Balaban J connectivity index is 1.32. The Morgan fingerprint density at radius 1 is 1.00 bits per heavy atom. The van der Waals surface area contributed by atoms with E-state index in [1.54, 1.807) is 4.90 Å². The number of aromatic nitrogens is 2.